The number of aryl methyl sites for hydroxylation is 1. The summed E-state index contributed by atoms with van der Waals surface area (Å²) in [6.45, 7) is 3.87. The maximum atomic E-state index is 12.5. The number of carbonyl (C=O) groups is 1. The summed E-state index contributed by atoms with van der Waals surface area (Å²) in [5, 5.41) is 5.03. The van der Waals surface area contributed by atoms with Crippen molar-refractivity contribution in [2.24, 2.45) is 5.10 Å². The second-order valence-electron chi connectivity index (χ2n) is 6.01. The maximum absolute atomic E-state index is 12.5. The van der Waals surface area contributed by atoms with Gasteiger partial charge in [0.2, 0.25) is 6.79 Å². The minimum Gasteiger partial charge on any atom is -0.454 e. The molecule has 0 radical (unpaired) electrons. The zero-order chi connectivity index (χ0) is 18.8. The fourth-order valence-corrected chi connectivity index (χ4v) is 3.64. The summed E-state index contributed by atoms with van der Waals surface area (Å²) >= 11 is 1.36. The van der Waals surface area contributed by atoms with Crippen LogP contribution in [0, 0.1) is 6.92 Å². The van der Waals surface area contributed by atoms with Crippen molar-refractivity contribution in [3.8, 4) is 22.1 Å². The molecule has 0 saturated heterocycles. The zero-order valence-electron chi connectivity index (χ0n) is 14.9. The first-order chi connectivity index (χ1) is 13.1. The lowest BCUT2D eigenvalue weighted by Crippen LogP contribution is -2.19. The third kappa shape index (κ3) is 3.54. The van der Waals surface area contributed by atoms with Gasteiger partial charge in [-0.3, -0.25) is 4.79 Å². The van der Waals surface area contributed by atoms with E-state index in [2.05, 4.69) is 15.5 Å². The van der Waals surface area contributed by atoms with E-state index >= 15 is 0 Å². The molecule has 1 aliphatic rings. The molecule has 1 amide bonds. The van der Waals surface area contributed by atoms with Crippen molar-refractivity contribution in [3.05, 3.63) is 64.7 Å². The molecule has 7 heteroatoms. The predicted octanol–water partition coefficient (Wildman–Crippen LogP) is 4.00. The van der Waals surface area contributed by atoms with E-state index in [4.69, 9.17) is 9.47 Å². The van der Waals surface area contributed by atoms with Crippen LogP contribution >= 0.6 is 11.3 Å². The van der Waals surface area contributed by atoms with Gasteiger partial charge >= 0.3 is 0 Å². The van der Waals surface area contributed by atoms with Crippen LogP contribution < -0.4 is 14.9 Å². The van der Waals surface area contributed by atoms with Crippen molar-refractivity contribution in [1.82, 2.24) is 10.4 Å². The molecule has 6 nitrogen and oxygen atoms in total. The molecule has 2 aromatic carbocycles. The minimum atomic E-state index is -0.271. The molecule has 0 atom stereocenters. The average Bonchev–Trinajstić information content (AvgIpc) is 3.32. The van der Waals surface area contributed by atoms with E-state index < -0.39 is 0 Å². The highest BCUT2D eigenvalue weighted by Gasteiger charge is 2.17. The highest BCUT2D eigenvalue weighted by atomic mass is 32.1. The fourth-order valence-electron chi connectivity index (χ4n) is 2.68. The highest BCUT2D eigenvalue weighted by Crippen LogP contribution is 2.32. The second kappa shape index (κ2) is 7.20. The molecule has 0 unspecified atom stereocenters. The summed E-state index contributed by atoms with van der Waals surface area (Å²) in [5.41, 5.74) is 5.82. The van der Waals surface area contributed by atoms with Gasteiger partial charge in [-0.15, -0.1) is 11.3 Å². The Hall–Kier alpha value is -3.19. The Morgan fingerprint density at radius 3 is 2.74 bits per heavy atom. The smallest absolute Gasteiger partial charge is 0.283 e. The Balaban J connectivity index is 1.51. The third-order valence-corrected chi connectivity index (χ3v) is 5.34. The molecular formula is C20H17N3O3S. The maximum Gasteiger partial charge on any atom is 0.283 e. The average molecular weight is 379 g/mol. The third-order valence-electron chi connectivity index (χ3n) is 4.14. The number of thiazole rings is 1. The fraction of sp³-hybridized carbons (Fsp3) is 0.150. The Kier molecular flexibility index (Phi) is 4.60. The van der Waals surface area contributed by atoms with Crippen LogP contribution in [0.25, 0.3) is 10.6 Å². The van der Waals surface area contributed by atoms with Crippen LogP contribution in [0.2, 0.25) is 0 Å². The van der Waals surface area contributed by atoms with Crippen LogP contribution in [0.5, 0.6) is 11.5 Å². The van der Waals surface area contributed by atoms with E-state index in [9.17, 15) is 4.79 Å². The lowest BCUT2D eigenvalue weighted by Gasteiger charge is -2.03. The van der Waals surface area contributed by atoms with Crippen molar-refractivity contribution in [2.75, 3.05) is 6.79 Å². The van der Waals surface area contributed by atoms with Crippen LogP contribution in [-0.2, 0) is 0 Å². The largest absolute Gasteiger partial charge is 0.454 e. The molecule has 1 N–H and O–H groups in total. The molecule has 0 saturated carbocycles. The molecule has 27 heavy (non-hydrogen) atoms. The predicted molar refractivity (Wildman–Crippen MR) is 105 cm³/mol. The van der Waals surface area contributed by atoms with Crippen molar-refractivity contribution in [2.45, 2.75) is 13.8 Å². The van der Waals surface area contributed by atoms with Gasteiger partial charge in [0.25, 0.3) is 5.91 Å². The number of nitrogens with zero attached hydrogens (tertiary/aromatic N) is 2. The van der Waals surface area contributed by atoms with Crippen LogP contribution in [0.3, 0.4) is 0 Å². The molecule has 0 aliphatic carbocycles. The van der Waals surface area contributed by atoms with Gasteiger partial charge in [-0.2, -0.15) is 5.10 Å². The molecule has 0 bridgehead atoms. The van der Waals surface area contributed by atoms with Crippen molar-refractivity contribution in [1.29, 1.82) is 0 Å². The van der Waals surface area contributed by atoms with Gasteiger partial charge in [-0.05, 0) is 32.0 Å². The van der Waals surface area contributed by atoms with Crippen LogP contribution in [0.15, 0.2) is 53.6 Å². The van der Waals surface area contributed by atoms with Crippen LogP contribution in [-0.4, -0.2) is 23.4 Å². The number of nitrogens with one attached hydrogen (secondary N) is 1. The van der Waals surface area contributed by atoms with Crippen molar-refractivity contribution in [3.63, 3.8) is 0 Å². The molecule has 0 fully saturated rings. The molecular weight excluding hydrogens is 362 g/mol. The number of hydrogen-bond donors (Lipinski definition) is 1. The van der Waals surface area contributed by atoms with Crippen LogP contribution in [0.1, 0.15) is 27.9 Å². The number of fused-ring (bicyclic) bond motifs is 1. The minimum absolute atomic E-state index is 0.222. The van der Waals surface area contributed by atoms with E-state index in [0.29, 0.717) is 27.8 Å². The monoisotopic (exact) mass is 379 g/mol. The summed E-state index contributed by atoms with van der Waals surface area (Å²) in [4.78, 5) is 17.6. The first-order valence-electron chi connectivity index (χ1n) is 8.39. The Morgan fingerprint density at radius 1 is 1.15 bits per heavy atom. The zero-order valence-corrected chi connectivity index (χ0v) is 15.7. The Bertz CT molecular complexity index is 1030. The van der Waals surface area contributed by atoms with E-state index in [1.54, 1.807) is 0 Å². The topological polar surface area (TPSA) is 72.8 Å². The first-order valence-corrected chi connectivity index (χ1v) is 9.21. The normalized spacial score (nSPS) is 12.9. The summed E-state index contributed by atoms with van der Waals surface area (Å²) in [6, 6.07) is 15.4. The Labute approximate surface area is 160 Å². The van der Waals surface area contributed by atoms with Gasteiger partial charge in [0.05, 0.1) is 11.4 Å². The molecule has 4 rings (SSSR count). The number of amides is 1. The number of rotatable bonds is 4. The molecule has 3 aromatic rings. The number of benzene rings is 2. The van der Waals surface area contributed by atoms with E-state index in [1.165, 1.54) is 11.3 Å². The van der Waals surface area contributed by atoms with Crippen molar-refractivity contribution >= 4 is 23.0 Å². The lowest BCUT2D eigenvalue weighted by atomic mass is 10.1. The van der Waals surface area contributed by atoms with Gasteiger partial charge in [-0.25, -0.2) is 10.4 Å². The van der Waals surface area contributed by atoms with Gasteiger partial charge in [0, 0.05) is 11.1 Å². The standard InChI is InChI=1S/C20H17N3O3S/c1-12(15-8-9-16-17(10-15)26-11-25-16)22-23-19(24)18-13(2)21-20(27-18)14-6-4-3-5-7-14/h3-10H,11H2,1-2H3,(H,23,24)/b22-12+. The number of carbonyl (C=O) groups excluding carboxylic acids is 1. The summed E-state index contributed by atoms with van der Waals surface area (Å²) in [7, 11) is 0. The number of aromatic nitrogens is 1. The molecule has 1 aromatic heterocycles. The van der Waals surface area contributed by atoms with Gasteiger partial charge in [0.1, 0.15) is 9.88 Å². The molecule has 2 heterocycles. The summed E-state index contributed by atoms with van der Waals surface area (Å²) in [6.07, 6.45) is 0. The Morgan fingerprint density at radius 2 is 1.93 bits per heavy atom. The second-order valence-corrected chi connectivity index (χ2v) is 7.00. The number of hydrazone groups is 1. The lowest BCUT2D eigenvalue weighted by molar-refractivity contribution is 0.0958. The quantitative estimate of drug-likeness (QED) is 0.549. The molecule has 136 valence electrons. The van der Waals surface area contributed by atoms with Crippen molar-refractivity contribution < 1.29 is 14.3 Å². The van der Waals surface area contributed by atoms with Gasteiger partial charge < -0.3 is 9.47 Å². The highest BCUT2D eigenvalue weighted by molar-refractivity contribution is 7.17. The number of hydrogen-bond acceptors (Lipinski definition) is 6. The SMILES string of the molecule is C/C(=N\NC(=O)c1sc(-c2ccccc2)nc1C)c1ccc2c(c1)OCO2. The van der Waals surface area contributed by atoms with Gasteiger partial charge in [-0.1, -0.05) is 30.3 Å². The van der Waals surface area contributed by atoms with E-state index in [0.717, 1.165) is 16.1 Å². The first kappa shape index (κ1) is 17.2. The molecule has 1 aliphatic heterocycles. The van der Waals surface area contributed by atoms with Gasteiger partial charge in [0.15, 0.2) is 11.5 Å². The van der Waals surface area contributed by atoms with Crippen LogP contribution in [0.4, 0.5) is 0 Å². The van der Waals surface area contributed by atoms with E-state index in [1.807, 2.05) is 62.4 Å². The van der Waals surface area contributed by atoms with E-state index in [-0.39, 0.29) is 12.7 Å². The summed E-state index contributed by atoms with van der Waals surface area (Å²) in [5.74, 6) is 1.12. The summed E-state index contributed by atoms with van der Waals surface area (Å²) < 4.78 is 10.7. The molecule has 0 spiro atoms. The number of ether oxygens (including phenoxy) is 2.